The first-order chi connectivity index (χ1) is 15.8. The zero-order valence-electron chi connectivity index (χ0n) is 18.5. The lowest BCUT2D eigenvalue weighted by Gasteiger charge is -2.17. The molecular weight excluding hydrogens is 446 g/mol. The molecule has 0 saturated heterocycles. The molecule has 0 aliphatic carbocycles. The van der Waals surface area contributed by atoms with Gasteiger partial charge in [-0.1, -0.05) is 24.6 Å². The molecule has 0 fully saturated rings. The fraction of sp³-hybridized carbons (Fsp3) is 0.250. The zero-order chi connectivity index (χ0) is 24.0. The number of halogens is 1. The van der Waals surface area contributed by atoms with Crippen molar-refractivity contribution in [3.8, 4) is 11.6 Å². The maximum atomic E-state index is 12.7. The van der Waals surface area contributed by atoms with E-state index in [1.807, 2.05) is 6.92 Å². The van der Waals surface area contributed by atoms with Crippen molar-refractivity contribution in [3.05, 3.63) is 81.1 Å². The molecule has 0 saturated carbocycles. The van der Waals surface area contributed by atoms with Crippen LogP contribution >= 0.6 is 11.6 Å². The van der Waals surface area contributed by atoms with Crippen molar-refractivity contribution in [2.24, 2.45) is 0 Å². The number of nitrogens with one attached hydrogen (secondary N) is 1. The number of ether oxygens (including phenoxy) is 2. The molecule has 1 amide bonds. The molecule has 1 atom stereocenters. The van der Waals surface area contributed by atoms with Crippen molar-refractivity contribution in [2.75, 3.05) is 11.9 Å². The molecule has 172 valence electrons. The molecule has 0 spiro atoms. The second kappa shape index (κ2) is 10.8. The predicted molar refractivity (Wildman–Crippen MR) is 125 cm³/mol. The Morgan fingerprint density at radius 1 is 1.09 bits per heavy atom. The molecule has 1 heterocycles. The van der Waals surface area contributed by atoms with Crippen molar-refractivity contribution in [2.45, 2.75) is 33.3 Å². The third-order valence-corrected chi connectivity index (χ3v) is 5.00. The van der Waals surface area contributed by atoms with Crippen LogP contribution in [-0.4, -0.2) is 34.4 Å². The van der Waals surface area contributed by atoms with Crippen molar-refractivity contribution in [1.29, 1.82) is 0 Å². The highest BCUT2D eigenvalue weighted by molar-refractivity contribution is 6.30. The van der Waals surface area contributed by atoms with Gasteiger partial charge in [-0.2, -0.15) is 4.68 Å². The summed E-state index contributed by atoms with van der Waals surface area (Å²) in [5.41, 5.74) is 1.87. The van der Waals surface area contributed by atoms with Gasteiger partial charge in [0.15, 0.2) is 6.10 Å². The molecule has 0 aliphatic heterocycles. The van der Waals surface area contributed by atoms with Crippen LogP contribution in [0.3, 0.4) is 0 Å². The third-order valence-electron chi connectivity index (χ3n) is 4.76. The maximum Gasteiger partial charge on any atom is 0.338 e. The molecule has 0 bridgehead atoms. The zero-order valence-corrected chi connectivity index (χ0v) is 19.3. The van der Waals surface area contributed by atoms with Gasteiger partial charge < -0.3 is 14.8 Å². The normalized spacial score (nSPS) is 11.5. The van der Waals surface area contributed by atoms with Crippen molar-refractivity contribution < 1.29 is 19.1 Å². The molecule has 8 nitrogen and oxygen atoms in total. The Hall–Kier alpha value is -3.65. The lowest BCUT2D eigenvalue weighted by atomic mass is 10.2. The van der Waals surface area contributed by atoms with E-state index >= 15 is 0 Å². The number of hydrogen-bond donors (Lipinski definition) is 1. The molecule has 0 aliphatic rings. The summed E-state index contributed by atoms with van der Waals surface area (Å²) in [6.07, 6.45) is -0.488. The Bertz CT molecular complexity index is 1210. The number of anilines is 1. The van der Waals surface area contributed by atoms with Gasteiger partial charge in [0.05, 0.1) is 17.9 Å². The summed E-state index contributed by atoms with van der Waals surface area (Å²) in [4.78, 5) is 36.9. The van der Waals surface area contributed by atoms with Crippen LogP contribution in [0.2, 0.25) is 5.02 Å². The Morgan fingerprint density at radius 2 is 1.82 bits per heavy atom. The fourth-order valence-corrected chi connectivity index (χ4v) is 3.20. The SMILES string of the molecule is CCOC(=O)c1ccc(NC(=O)C(CC)Oc2ccc(=O)n(-c3cc(Cl)ccc3C)n2)cc1. The van der Waals surface area contributed by atoms with Gasteiger partial charge in [0.25, 0.3) is 11.5 Å². The molecule has 3 rings (SSSR count). The fourth-order valence-electron chi connectivity index (χ4n) is 3.04. The van der Waals surface area contributed by atoms with E-state index in [9.17, 15) is 14.4 Å². The second-order valence-electron chi connectivity index (χ2n) is 7.15. The van der Waals surface area contributed by atoms with E-state index in [2.05, 4.69) is 10.4 Å². The van der Waals surface area contributed by atoms with E-state index in [1.54, 1.807) is 56.3 Å². The lowest BCUT2D eigenvalue weighted by Crippen LogP contribution is -2.33. The van der Waals surface area contributed by atoms with Crippen LogP contribution in [0, 0.1) is 6.92 Å². The number of amides is 1. The minimum Gasteiger partial charge on any atom is -0.463 e. The van der Waals surface area contributed by atoms with Crippen LogP contribution in [0.4, 0.5) is 5.69 Å². The van der Waals surface area contributed by atoms with E-state index < -0.39 is 12.1 Å². The summed E-state index contributed by atoms with van der Waals surface area (Å²) in [6.45, 7) is 5.65. The van der Waals surface area contributed by atoms with E-state index in [1.165, 1.54) is 16.8 Å². The number of carbonyl (C=O) groups is 2. The number of hydrogen-bond acceptors (Lipinski definition) is 6. The smallest absolute Gasteiger partial charge is 0.338 e. The minimum absolute atomic E-state index is 0.119. The van der Waals surface area contributed by atoms with Crippen LogP contribution in [0.1, 0.15) is 36.2 Å². The second-order valence-corrected chi connectivity index (χ2v) is 7.59. The predicted octanol–water partition coefficient (Wildman–Crippen LogP) is 4.17. The largest absolute Gasteiger partial charge is 0.463 e. The Balaban J connectivity index is 1.75. The van der Waals surface area contributed by atoms with Gasteiger partial charge in [-0.15, -0.1) is 5.10 Å². The first-order valence-corrected chi connectivity index (χ1v) is 10.8. The quantitative estimate of drug-likeness (QED) is 0.497. The van der Waals surface area contributed by atoms with E-state index in [0.29, 0.717) is 28.4 Å². The topological polar surface area (TPSA) is 99.5 Å². The van der Waals surface area contributed by atoms with Gasteiger partial charge in [-0.05, 0) is 62.2 Å². The molecule has 1 N–H and O–H groups in total. The van der Waals surface area contributed by atoms with Crippen molar-refractivity contribution in [1.82, 2.24) is 9.78 Å². The molecule has 1 unspecified atom stereocenters. The Kier molecular flexibility index (Phi) is 7.84. The molecule has 9 heteroatoms. The summed E-state index contributed by atoms with van der Waals surface area (Å²) in [5, 5.41) is 7.49. The van der Waals surface area contributed by atoms with Gasteiger partial charge in [-0.25, -0.2) is 4.79 Å². The van der Waals surface area contributed by atoms with Crippen LogP contribution in [-0.2, 0) is 9.53 Å². The third kappa shape index (κ3) is 5.98. The van der Waals surface area contributed by atoms with Crippen LogP contribution in [0.5, 0.6) is 5.88 Å². The average Bonchev–Trinajstić information content (AvgIpc) is 2.80. The number of carbonyl (C=O) groups excluding carboxylic acids is 2. The number of aromatic nitrogens is 2. The summed E-state index contributed by atoms with van der Waals surface area (Å²) >= 11 is 6.07. The first-order valence-electron chi connectivity index (χ1n) is 10.4. The highest BCUT2D eigenvalue weighted by atomic mass is 35.5. The van der Waals surface area contributed by atoms with Crippen LogP contribution < -0.4 is 15.6 Å². The summed E-state index contributed by atoms with van der Waals surface area (Å²) in [6, 6.07) is 14.2. The van der Waals surface area contributed by atoms with Gasteiger partial charge in [-0.3, -0.25) is 9.59 Å². The molecule has 3 aromatic rings. The first kappa shape index (κ1) is 24.0. The molecule has 2 aromatic carbocycles. The Labute approximate surface area is 196 Å². The van der Waals surface area contributed by atoms with Gasteiger partial charge in [0.1, 0.15) is 0 Å². The van der Waals surface area contributed by atoms with E-state index in [0.717, 1.165) is 5.56 Å². The van der Waals surface area contributed by atoms with Crippen LogP contribution in [0.25, 0.3) is 5.69 Å². The number of esters is 1. The minimum atomic E-state index is -0.853. The maximum absolute atomic E-state index is 12.7. The number of aryl methyl sites for hydroxylation is 1. The van der Waals surface area contributed by atoms with Gasteiger partial charge >= 0.3 is 5.97 Å². The highest BCUT2D eigenvalue weighted by Gasteiger charge is 2.20. The number of benzene rings is 2. The highest BCUT2D eigenvalue weighted by Crippen LogP contribution is 2.19. The van der Waals surface area contributed by atoms with Gasteiger partial charge in [0, 0.05) is 22.8 Å². The van der Waals surface area contributed by atoms with E-state index in [4.69, 9.17) is 21.1 Å². The summed E-state index contributed by atoms with van der Waals surface area (Å²) in [5.74, 6) is -0.699. The number of nitrogens with zero attached hydrogens (tertiary/aromatic N) is 2. The molecule has 33 heavy (non-hydrogen) atoms. The number of rotatable bonds is 8. The van der Waals surface area contributed by atoms with Crippen LogP contribution in [0.15, 0.2) is 59.4 Å². The van der Waals surface area contributed by atoms with Crippen molar-refractivity contribution in [3.63, 3.8) is 0 Å². The standard InChI is InChI=1S/C24H24ClN3O5/c1-4-20(23(30)26-18-10-7-16(8-11-18)24(31)32-5-2)33-21-12-13-22(29)28(27-21)19-14-17(25)9-6-15(19)3/h6-14,20H,4-5H2,1-3H3,(H,26,30). The monoisotopic (exact) mass is 469 g/mol. The average molecular weight is 470 g/mol. The molecule has 1 aromatic heterocycles. The van der Waals surface area contributed by atoms with Crippen molar-refractivity contribution >= 4 is 29.2 Å². The molecular formula is C24H24ClN3O5. The van der Waals surface area contributed by atoms with E-state index in [-0.39, 0.29) is 24.0 Å². The molecule has 0 radical (unpaired) electrons. The summed E-state index contributed by atoms with van der Waals surface area (Å²) < 4.78 is 11.9. The van der Waals surface area contributed by atoms with Gasteiger partial charge in [0.2, 0.25) is 5.88 Å². The lowest BCUT2D eigenvalue weighted by molar-refractivity contribution is -0.123. The summed E-state index contributed by atoms with van der Waals surface area (Å²) in [7, 11) is 0. The Morgan fingerprint density at radius 3 is 2.48 bits per heavy atom.